The van der Waals surface area contributed by atoms with Gasteiger partial charge in [0.05, 0.1) is 0 Å². The second-order valence-electron chi connectivity index (χ2n) is 7.87. The highest BCUT2D eigenvalue weighted by molar-refractivity contribution is 6.00. The molecule has 3 aliphatic rings. The van der Waals surface area contributed by atoms with Crippen molar-refractivity contribution < 1.29 is 28.6 Å². The Morgan fingerprint density at radius 3 is 2.61 bits per heavy atom. The van der Waals surface area contributed by atoms with Crippen LogP contribution in [0.5, 0.6) is 0 Å². The molecule has 0 saturated heterocycles. The van der Waals surface area contributed by atoms with Gasteiger partial charge in [-0.15, -0.1) is 0 Å². The Balaban J connectivity index is 2.12. The summed E-state index contributed by atoms with van der Waals surface area (Å²) in [5, 5.41) is 0. The lowest BCUT2D eigenvalue weighted by atomic mass is 9.83. The Kier molecular flexibility index (Phi) is 5.44. The third kappa shape index (κ3) is 4.02. The minimum absolute atomic E-state index is 0.167. The van der Waals surface area contributed by atoms with Crippen molar-refractivity contribution in [2.24, 2.45) is 5.92 Å². The van der Waals surface area contributed by atoms with E-state index >= 15 is 0 Å². The summed E-state index contributed by atoms with van der Waals surface area (Å²) in [5.74, 6) is -2.81. The quantitative estimate of drug-likeness (QED) is 0.535. The number of ether oxygens (including phenoxy) is 3. The first-order valence-electron chi connectivity index (χ1n) is 9.46. The highest BCUT2D eigenvalue weighted by Gasteiger charge is 2.45. The van der Waals surface area contributed by atoms with Crippen LogP contribution >= 0.6 is 0 Å². The van der Waals surface area contributed by atoms with Crippen LogP contribution in [0.15, 0.2) is 47.1 Å². The van der Waals surface area contributed by atoms with Crippen LogP contribution in [0.3, 0.4) is 0 Å². The molecule has 3 heterocycles. The van der Waals surface area contributed by atoms with Gasteiger partial charge in [0.15, 0.2) is 5.78 Å². The molecule has 0 aliphatic carbocycles. The molecule has 0 aromatic carbocycles. The summed E-state index contributed by atoms with van der Waals surface area (Å²) in [6.45, 7) is 10.7. The molecule has 150 valence electrons. The van der Waals surface area contributed by atoms with E-state index in [1.807, 2.05) is 19.9 Å². The number of carbonyl (C=O) groups excluding carboxylic acids is 3. The van der Waals surface area contributed by atoms with Crippen LogP contribution in [0.2, 0.25) is 0 Å². The summed E-state index contributed by atoms with van der Waals surface area (Å²) >= 11 is 0. The van der Waals surface area contributed by atoms with Crippen LogP contribution < -0.4 is 0 Å². The van der Waals surface area contributed by atoms with Gasteiger partial charge in [-0.25, -0.2) is 4.79 Å². The largest absolute Gasteiger partial charge is 0.454 e. The topological polar surface area (TPSA) is 78.9 Å². The summed E-state index contributed by atoms with van der Waals surface area (Å²) in [7, 11) is 0. The Bertz CT molecular complexity index is 830. The highest BCUT2D eigenvalue weighted by Crippen LogP contribution is 2.38. The third-order valence-corrected chi connectivity index (χ3v) is 5.28. The highest BCUT2D eigenvalue weighted by atomic mass is 16.7. The van der Waals surface area contributed by atoms with Crippen molar-refractivity contribution in [2.75, 3.05) is 0 Å². The van der Waals surface area contributed by atoms with Crippen molar-refractivity contribution in [3.05, 3.63) is 47.1 Å². The van der Waals surface area contributed by atoms with Crippen LogP contribution in [-0.4, -0.2) is 35.7 Å². The van der Waals surface area contributed by atoms with Gasteiger partial charge in [0.1, 0.15) is 12.2 Å². The van der Waals surface area contributed by atoms with Gasteiger partial charge >= 0.3 is 11.9 Å². The van der Waals surface area contributed by atoms with Crippen LogP contribution in [0.25, 0.3) is 0 Å². The molecule has 4 atom stereocenters. The summed E-state index contributed by atoms with van der Waals surface area (Å²) in [5.41, 5.74) is 2.68. The lowest BCUT2D eigenvalue weighted by Gasteiger charge is -2.39. The molecule has 0 amide bonds. The second-order valence-corrected chi connectivity index (χ2v) is 7.87. The van der Waals surface area contributed by atoms with Crippen LogP contribution in [-0.2, 0) is 28.6 Å². The summed E-state index contributed by atoms with van der Waals surface area (Å²) in [6.07, 6.45) is 5.29. The van der Waals surface area contributed by atoms with Gasteiger partial charge in [-0.1, -0.05) is 17.7 Å². The van der Waals surface area contributed by atoms with Crippen LogP contribution in [0.4, 0.5) is 0 Å². The lowest BCUT2D eigenvalue weighted by Crippen LogP contribution is -2.48. The van der Waals surface area contributed by atoms with Crippen molar-refractivity contribution in [1.82, 2.24) is 0 Å². The Morgan fingerprint density at radius 2 is 1.96 bits per heavy atom. The number of rotatable bonds is 2. The average Bonchev–Trinajstić information content (AvgIpc) is 2.89. The predicted octanol–water partition coefficient (Wildman–Crippen LogP) is 3.33. The molecule has 3 rings (SSSR count). The number of hydrogen-bond donors (Lipinski definition) is 0. The summed E-state index contributed by atoms with van der Waals surface area (Å²) in [4.78, 5) is 36.9. The van der Waals surface area contributed by atoms with Crippen molar-refractivity contribution in [3.8, 4) is 0 Å². The van der Waals surface area contributed by atoms with E-state index in [4.69, 9.17) is 14.2 Å². The number of esters is 2. The van der Waals surface area contributed by atoms with Crippen molar-refractivity contribution >= 4 is 17.7 Å². The zero-order valence-corrected chi connectivity index (χ0v) is 16.7. The second kappa shape index (κ2) is 7.51. The number of fused-ring (bicyclic) bond motifs is 3. The van der Waals surface area contributed by atoms with E-state index in [2.05, 4.69) is 6.58 Å². The average molecular weight is 386 g/mol. The van der Waals surface area contributed by atoms with Crippen molar-refractivity contribution in [1.29, 1.82) is 0 Å². The zero-order chi connectivity index (χ0) is 20.6. The molecule has 28 heavy (non-hydrogen) atoms. The smallest absolute Gasteiger partial charge is 0.334 e. The standard InChI is InChI=1S/C22H26O6/c1-12(2)18-7-6-16-9-17(26-21(16)25)8-13(3)10-22(27-15(5)23)11-14(4)19(24)20(18)28-22/h9-11,17-18,20H,1,6-8H2,2-5H3/b13-10-/t17-,18-,20-,22+/m0/s1. The van der Waals surface area contributed by atoms with Gasteiger partial charge in [-0.3, -0.25) is 9.59 Å². The summed E-state index contributed by atoms with van der Waals surface area (Å²) in [6, 6.07) is 0. The molecule has 6 nitrogen and oxygen atoms in total. The fourth-order valence-corrected chi connectivity index (χ4v) is 4.04. The van der Waals surface area contributed by atoms with Gasteiger partial charge in [-0.05, 0) is 57.4 Å². The zero-order valence-electron chi connectivity index (χ0n) is 16.7. The van der Waals surface area contributed by atoms with E-state index in [0.29, 0.717) is 30.4 Å². The van der Waals surface area contributed by atoms with Gasteiger partial charge in [-0.2, -0.15) is 0 Å². The fraction of sp³-hybridized carbons (Fsp3) is 0.500. The van der Waals surface area contributed by atoms with E-state index in [-0.39, 0.29) is 23.8 Å². The van der Waals surface area contributed by atoms with Gasteiger partial charge in [0, 0.05) is 24.8 Å². The first kappa shape index (κ1) is 20.3. The SMILES string of the molecule is C=C(C)[C@@H]1CCC2=C[C@H](C/C(C)=C\[C@]3(OC(C)=O)C=C(C)C(=O)[C@H]1O3)OC2=O. The molecule has 4 bridgehead atoms. The minimum Gasteiger partial charge on any atom is -0.454 e. The maximum atomic E-state index is 12.9. The van der Waals surface area contributed by atoms with E-state index < -0.39 is 17.9 Å². The van der Waals surface area contributed by atoms with E-state index in [0.717, 1.165) is 11.1 Å². The first-order valence-corrected chi connectivity index (χ1v) is 9.46. The molecular weight excluding hydrogens is 360 g/mol. The number of ketones is 1. The molecule has 0 spiro atoms. The van der Waals surface area contributed by atoms with E-state index in [1.54, 1.807) is 19.1 Å². The monoisotopic (exact) mass is 386 g/mol. The Morgan fingerprint density at radius 1 is 1.25 bits per heavy atom. The minimum atomic E-state index is -1.47. The van der Waals surface area contributed by atoms with Gasteiger partial charge < -0.3 is 14.2 Å². The third-order valence-electron chi connectivity index (χ3n) is 5.28. The maximum absolute atomic E-state index is 12.9. The van der Waals surface area contributed by atoms with Crippen LogP contribution in [0.1, 0.15) is 47.0 Å². The fourth-order valence-electron chi connectivity index (χ4n) is 4.04. The van der Waals surface area contributed by atoms with Gasteiger partial charge in [0.2, 0.25) is 0 Å². The number of hydrogen-bond acceptors (Lipinski definition) is 6. The van der Waals surface area contributed by atoms with E-state index in [9.17, 15) is 14.4 Å². The first-order chi connectivity index (χ1) is 13.1. The molecule has 6 heteroatoms. The molecule has 0 unspecified atom stereocenters. The van der Waals surface area contributed by atoms with Crippen molar-refractivity contribution in [3.63, 3.8) is 0 Å². The molecule has 0 aromatic rings. The lowest BCUT2D eigenvalue weighted by molar-refractivity contribution is -0.212. The molecule has 3 aliphatic heterocycles. The predicted molar refractivity (Wildman–Crippen MR) is 102 cm³/mol. The molecule has 0 aromatic heterocycles. The Hall–Kier alpha value is -2.47. The van der Waals surface area contributed by atoms with Crippen molar-refractivity contribution in [2.45, 2.75) is 65.0 Å². The van der Waals surface area contributed by atoms with E-state index in [1.165, 1.54) is 6.92 Å². The molecule has 0 radical (unpaired) electrons. The Labute approximate surface area is 164 Å². The molecule has 0 fully saturated rings. The molecule has 0 saturated carbocycles. The molecular formula is C22H26O6. The van der Waals surface area contributed by atoms with Crippen LogP contribution in [0, 0.1) is 5.92 Å². The number of Topliss-reactive ketones (excluding diaryl/α,β-unsaturated/α-hetero) is 1. The normalized spacial score (nSPS) is 34.7. The molecule has 0 N–H and O–H groups in total. The van der Waals surface area contributed by atoms with Gasteiger partial charge in [0.25, 0.3) is 5.79 Å². The summed E-state index contributed by atoms with van der Waals surface area (Å²) < 4.78 is 17.1. The maximum Gasteiger partial charge on any atom is 0.334 e. The number of carbonyl (C=O) groups is 3.